The fraction of sp³-hybridized carbons (Fsp3) is 0.286. The van der Waals surface area contributed by atoms with Crippen LogP contribution in [0.4, 0.5) is 0 Å². The van der Waals surface area contributed by atoms with Crippen LogP contribution in [-0.4, -0.2) is 32.3 Å². The molecule has 98 valence electrons. The van der Waals surface area contributed by atoms with Crippen molar-refractivity contribution in [2.45, 2.75) is 19.6 Å². The predicted molar refractivity (Wildman–Crippen MR) is 69.7 cm³/mol. The van der Waals surface area contributed by atoms with E-state index in [-0.39, 0.29) is 0 Å². The van der Waals surface area contributed by atoms with Crippen molar-refractivity contribution in [3.8, 4) is 0 Å². The summed E-state index contributed by atoms with van der Waals surface area (Å²) in [5.41, 5.74) is 2.72. The number of aromatic nitrogens is 2. The van der Waals surface area contributed by atoms with Gasteiger partial charge in [-0.2, -0.15) is 5.10 Å². The number of fused-ring (bicyclic) bond motifs is 1. The van der Waals surface area contributed by atoms with Gasteiger partial charge >= 0.3 is 5.97 Å². The maximum atomic E-state index is 10.9. The third-order valence-electron chi connectivity index (χ3n) is 3.45. The summed E-state index contributed by atoms with van der Waals surface area (Å²) in [4.78, 5) is 13.2. The Morgan fingerprint density at radius 2 is 2.11 bits per heavy atom. The monoisotopic (exact) mass is 257 g/mol. The number of carbonyl (C=O) groups is 1. The van der Waals surface area contributed by atoms with Gasteiger partial charge in [0.05, 0.1) is 12.1 Å². The molecule has 0 fully saturated rings. The maximum absolute atomic E-state index is 10.9. The highest BCUT2D eigenvalue weighted by Gasteiger charge is 2.19. The van der Waals surface area contributed by atoms with Crippen molar-refractivity contribution in [1.29, 1.82) is 0 Å². The number of rotatable bonds is 4. The molecule has 0 radical (unpaired) electrons. The Kier molecular flexibility index (Phi) is 3.05. The Bertz CT molecular complexity index is 593. The normalized spacial score (nSPS) is 14.5. The second-order valence-electron chi connectivity index (χ2n) is 4.77. The van der Waals surface area contributed by atoms with Crippen molar-refractivity contribution in [2.75, 3.05) is 6.54 Å². The van der Waals surface area contributed by atoms with Crippen molar-refractivity contribution < 1.29 is 9.90 Å². The molecular formula is C14H15N3O2. The third-order valence-corrected chi connectivity index (χ3v) is 3.45. The van der Waals surface area contributed by atoms with E-state index in [1.807, 2.05) is 23.0 Å². The lowest BCUT2D eigenvalue weighted by atomic mass is 10.1. The number of benzene rings is 1. The summed E-state index contributed by atoms with van der Waals surface area (Å²) in [7, 11) is 0. The van der Waals surface area contributed by atoms with Crippen LogP contribution in [0.1, 0.15) is 21.5 Å². The van der Waals surface area contributed by atoms with E-state index in [1.54, 1.807) is 18.3 Å². The summed E-state index contributed by atoms with van der Waals surface area (Å²) in [5.74, 6) is -0.863. The first-order valence-corrected chi connectivity index (χ1v) is 6.27. The highest BCUT2D eigenvalue weighted by Crippen LogP contribution is 2.23. The summed E-state index contributed by atoms with van der Waals surface area (Å²) >= 11 is 0. The molecule has 1 N–H and O–H groups in total. The number of carboxylic acids is 1. The Morgan fingerprint density at radius 3 is 2.84 bits per heavy atom. The molecule has 0 amide bonds. The van der Waals surface area contributed by atoms with Crippen LogP contribution in [0.25, 0.3) is 0 Å². The standard InChI is InChI=1S/C14H15N3O2/c18-14(19)11-2-3-12-9-16(10-13(12)8-11)6-7-17-5-1-4-15-17/h1-5,8H,6-7,9-10H2,(H,18,19). The first-order valence-electron chi connectivity index (χ1n) is 6.27. The lowest BCUT2D eigenvalue weighted by Crippen LogP contribution is -2.22. The molecule has 0 spiro atoms. The molecule has 1 aromatic heterocycles. The minimum Gasteiger partial charge on any atom is -0.478 e. The summed E-state index contributed by atoms with van der Waals surface area (Å²) in [5, 5.41) is 13.2. The summed E-state index contributed by atoms with van der Waals surface area (Å²) in [6.07, 6.45) is 3.73. The van der Waals surface area contributed by atoms with Crippen LogP contribution in [0.2, 0.25) is 0 Å². The molecular weight excluding hydrogens is 242 g/mol. The summed E-state index contributed by atoms with van der Waals surface area (Å²) in [6, 6.07) is 7.30. The molecule has 0 aliphatic carbocycles. The van der Waals surface area contributed by atoms with Crippen LogP contribution in [0, 0.1) is 0 Å². The zero-order chi connectivity index (χ0) is 13.2. The van der Waals surface area contributed by atoms with Gasteiger partial charge in [-0.3, -0.25) is 9.58 Å². The van der Waals surface area contributed by atoms with Gasteiger partial charge < -0.3 is 5.11 Å². The predicted octanol–water partition coefficient (Wildman–Crippen LogP) is 1.60. The molecule has 0 saturated heterocycles. The topological polar surface area (TPSA) is 58.4 Å². The summed E-state index contributed by atoms with van der Waals surface area (Å²) in [6.45, 7) is 3.47. The Balaban J connectivity index is 1.65. The molecule has 0 unspecified atom stereocenters. The molecule has 0 bridgehead atoms. The average Bonchev–Trinajstić information content (AvgIpc) is 3.04. The second-order valence-corrected chi connectivity index (χ2v) is 4.77. The van der Waals surface area contributed by atoms with E-state index in [0.717, 1.165) is 31.7 Å². The van der Waals surface area contributed by atoms with Crippen LogP contribution in [0.15, 0.2) is 36.7 Å². The van der Waals surface area contributed by atoms with Crippen LogP contribution in [0.3, 0.4) is 0 Å². The van der Waals surface area contributed by atoms with Crippen molar-refractivity contribution in [2.24, 2.45) is 0 Å². The van der Waals surface area contributed by atoms with E-state index >= 15 is 0 Å². The zero-order valence-corrected chi connectivity index (χ0v) is 10.5. The zero-order valence-electron chi connectivity index (χ0n) is 10.5. The van der Waals surface area contributed by atoms with Gasteiger partial charge in [-0.15, -0.1) is 0 Å². The van der Waals surface area contributed by atoms with Gasteiger partial charge in [-0.1, -0.05) is 6.07 Å². The lowest BCUT2D eigenvalue weighted by Gasteiger charge is -2.14. The van der Waals surface area contributed by atoms with Gasteiger partial charge in [0, 0.05) is 32.0 Å². The van der Waals surface area contributed by atoms with E-state index in [1.165, 1.54) is 5.56 Å². The Morgan fingerprint density at radius 1 is 1.26 bits per heavy atom. The van der Waals surface area contributed by atoms with Gasteiger partial charge in [-0.25, -0.2) is 4.79 Å². The van der Waals surface area contributed by atoms with Crippen LogP contribution in [0.5, 0.6) is 0 Å². The van der Waals surface area contributed by atoms with E-state index in [9.17, 15) is 4.79 Å². The van der Waals surface area contributed by atoms with Crippen molar-refractivity contribution >= 4 is 5.97 Å². The fourth-order valence-electron chi connectivity index (χ4n) is 2.43. The first kappa shape index (κ1) is 11.9. The largest absolute Gasteiger partial charge is 0.478 e. The number of carboxylic acid groups (broad SMARTS) is 1. The van der Waals surface area contributed by atoms with Crippen LogP contribution < -0.4 is 0 Å². The fourth-order valence-corrected chi connectivity index (χ4v) is 2.43. The van der Waals surface area contributed by atoms with E-state index < -0.39 is 5.97 Å². The Hall–Kier alpha value is -2.14. The van der Waals surface area contributed by atoms with E-state index in [0.29, 0.717) is 5.56 Å². The van der Waals surface area contributed by atoms with Crippen LogP contribution >= 0.6 is 0 Å². The van der Waals surface area contributed by atoms with Crippen LogP contribution in [-0.2, 0) is 19.6 Å². The van der Waals surface area contributed by atoms with Crippen molar-refractivity contribution in [1.82, 2.24) is 14.7 Å². The lowest BCUT2D eigenvalue weighted by molar-refractivity contribution is 0.0696. The van der Waals surface area contributed by atoms with Crippen molar-refractivity contribution in [3.05, 3.63) is 53.3 Å². The molecule has 1 aromatic carbocycles. The number of hydrogen-bond acceptors (Lipinski definition) is 3. The third kappa shape index (κ3) is 2.51. The molecule has 3 rings (SSSR count). The number of nitrogens with zero attached hydrogens (tertiary/aromatic N) is 3. The smallest absolute Gasteiger partial charge is 0.335 e. The molecule has 2 aromatic rings. The highest BCUT2D eigenvalue weighted by atomic mass is 16.4. The van der Waals surface area contributed by atoms with Gasteiger partial charge in [0.1, 0.15) is 0 Å². The van der Waals surface area contributed by atoms with Gasteiger partial charge in [0.15, 0.2) is 0 Å². The first-order chi connectivity index (χ1) is 9.22. The molecule has 1 aliphatic heterocycles. The van der Waals surface area contributed by atoms with Crippen molar-refractivity contribution in [3.63, 3.8) is 0 Å². The minimum absolute atomic E-state index is 0.368. The molecule has 5 heteroatoms. The van der Waals surface area contributed by atoms with Gasteiger partial charge in [0.25, 0.3) is 0 Å². The minimum atomic E-state index is -0.863. The quantitative estimate of drug-likeness (QED) is 0.903. The molecule has 2 heterocycles. The summed E-state index contributed by atoms with van der Waals surface area (Å²) < 4.78 is 1.91. The SMILES string of the molecule is O=C(O)c1ccc2c(c1)CN(CCn1cccn1)C2. The molecule has 1 aliphatic rings. The molecule has 0 atom stereocenters. The molecule has 0 saturated carbocycles. The van der Waals surface area contributed by atoms with Gasteiger partial charge in [0.2, 0.25) is 0 Å². The molecule has 5 nitrogen and oxygen atoms in total. The number of aromatic carboxylic acids is 1. The highest BCUT2D eigenvalue weighted by molar-refractivity contribution is 5.87. The number of hydrogen-bond donors (Lipinski definition) is 1. The van der Waals surface area contributed by atoms with E-state index in [2.05, 4.69) is 10.00 Å². The molecule has 19 heavy (non-hydrogen) atoms. The van der Waals surface area contributed by atoms with E-state index in [4.69, 9.17) is 5.11 Å². The Labute approximate surface area is 111 Å². The van der Waals surface area contributed by atoms with Gasteiger partial charge in [-0.05, 0) is 29.3 Å². The maximum Gasteiger partial charge on any atom is 0.335 e. The average molecular weight is 257 g/mol. The second kappa shape index (κ2) is 4.85.